The van der Waals surface area contributed by atoms with Crippen LogP contribution in [0.25, 0.3) is 16.6 Å². The fourth-order valence-corrected chi connectivity index (χ4v) is 3.85. The molecule has 0 atom stereocenters. The van der Waals surface area contributed by atoms with Crippen LogP contribution in [0.1, 0.15) is 34.8 Å². The molecule has 0 unspecified atom stereocenters. The van der Waals surface area contributed by atoms with Crippen molar-refractivity contribution in [3.8, 4) is 5.69 Å². The van der Waals surface area contributed by atoms with E-state index in [9.17, 15) is 17.6 Å². The van der Waals surface area contributed by atoms with Crippen LogP contribution >= 0.6 is 0 Å². The summed E-state index contributed by atoms with van der Waals surface area (Å²) in [4.78, 5) is 12.6. The Balaban J connectivity index is 1.97. The van der Waals surface area contributed by atoms with E-state index in [0.29, 0.717) is 28.0 Å². The van der Waals surface area contributed by atoms with Crippen molar-refractivity contribution in [2.24, 2.45) is 0 Å². The van der Waals surface area contributed by atoms with Gasteiger partial charge in [0.15, 0.2) is 0 Å². The minimum absolute atomic E-state index is 0.250. The monoisotopic (exact) mass is 402 g/mol. The Labute approximate surface area is 161 Å². The topological polar surface area (TPSA) is 93.1 Å². The highest BCUT2D eigenvalue weighted by Crippen LogP contribution is 2.45. The first-order valence-electron chi connectivity index (χ1n) is 8.79. The van der Waals surface area contributed by atoms with E-state index in [-0.39, 0.29) is 11.8 Å². The molecule has 1 amide bonds. The van der Waals surface area contributed by atoms with Gasteiger partial charge in [0.25, 0.3) is 5.91 Å². The molecule has 1 aliphatic carbocycles. The quantitative estimate of drug-likeness (QED) is 0.686. The molecule has 0 bridgehead atoms. The first-order valence-corrected chi connectivity index (χ1v) is 10.7. The van der Waals surface area contributed by atoms with Crippen LogP contribution in [0.3, 0.4) is 0 Å². The predicted octanol–water partition coefficient (Wildman–Crippen LogP) is 2.77. The molecule has 1 saturated carbocycles. The Morgan fingerprint density at radius 3 is 2.46 bits per heavy atom. The number of sulfonamides is 1. The Morgan fingerprint density at radius 2 is 1.89 bits per heavy atom. The van der Waals surface area contributed by atoms with Gasteiger partial charge in [-0.05, 0) is 60.7 Å². The summed E-state index contributed by atoms with van der Waals surface area (Å²) in [6.07, 6.45) is 3.03. The van der Waals surface area contributed by atoms with E-state index in [0.717, 1.165) is 24.7 Å². The Bertz CT molecular complexity index is 1180. The van der Waals surface area contributed by atoms with E-state index < -0.39 is 15.8 Å². The van der Waals surface area contributed by atoms with E-state index in [4.69, 9.17) is 0 Å². The first-order chi connectivity index (χ1) is 13.3. The molecule has 1 heterocycles. The molecule has 2 N–H and O–H groups in total. The number of carbonyl (C=O) groups is 1. The number of anilines is 1. The van der Waals surface area contributed by atoms with E-state index in [1.165, 1.54) is 36.0 Å². The molecular weight excluding hydrogens is 383 g/mol. The van der Waals surface area contributed by atoms with Gasteiger partial charge in [0.1, 0.15) is 11.5 Å². The Kier molecular flexibility index (Phi) is 4.34. The number of hydrogen-bond donors (Lipinski definition) is 2. The summed E-state index contributed by atoms with van der Waals surface area (Å²) in [6.45, 7) is 0. The van der Waals surface area contributed by atoms with Gasteiger partial charge in [-0.25, -0.2) is 17.5 Å². The first kappa shape index (κ1) is 18.4. The number of nitrogens with zero attached hydrogens (tertiary/aromatic N) is 2. The third kappa shape index (κ3) is 3.45. The molecule has 0 radical (unpaired) electrons. The molecule has 4 rings (SSSR count). The van der Waals surface area contributed by atoms with Crippen molar-refractivity contribution in [3.63, 3.8) is 0 Å². The molecule has 3 aromatic rings. The van der Waals surface area contributed by atoms with Gasteiger partial charge in [0.2, 0.25) is 10.0 Å². The molecule has 1 aromatic heterocycles. The van der Waals surface area contributed by atoms with Crippen molar-refractivity contribution in [1.29, 1.82) is 0 Å². The van der Waals surface area contributed by atoms with Crippen molar-refractivity contribution in [2.45, 2.75) is 18.8 Å². The van der Waals surface area contributed by atoms with Gasteiger partial charge in [0, 0.05) is 12.4 Å². The molecular formula is C19H19FN4O3S. The number of amides is 1. The van der Waals surface area contributed by atoms with Gasteiger partial charge in [-0.3, -0.25) is 9.52 Å². The largest absolute Gasteiger partial charge is 0.354 e. The highest BCUT2D eigenvalue weighted by atomic mass is 32.2. The summed E-state index contributed by atoms with van der Waals surface area (Å²) in [6, 6.07) is 9.13. The van der Waals surface area contributed by atoms with Crippen LogP contribution < -0.4 is 10.0 Å². The second-order valence-electron chi connectivity index (χ2n) is 6.92. The molecule has 2 aromatic carbocycles. The third-order valence-corrected chi connectivity index (χ3v) is 5.26. The van der Waals surface area contributed by atoms with Gasteiger partial charge in [-0.1, -0.05) is 0 Å². The maximum atomic E-state index is 13.3. The number of fused-ring (bicyclic) bond motifs is 1. The van der Waals surface area contributed by atoms with Crippen LogP contribution in [-0.2, 0) is 10.0 Å². The van der Waals surface area contributed by atoms with Gasteiger partial charge < -0.3 is 5.32 Å². The number of rotatable bonds is 5. The molecule has 7 nitrogen and oxygen atoms in total. The summed E-state index contributed by atoms with van der Waals surface area (Å²) in [5, 5.41) is 7.72. The lowest BCUT2D eigenvalue weighted by Gasteiger charge is -2.10. The lowest BCUT2D eigenvalue weighted by molar-refractivity contribution is 0.0957. The second-order valence-corrected chi connectivity index (χ2v) is 8.67. The number of carbonyl (C=O) groups excluding carboxylic acids is 1. The SMILES string of the molecule is CNC(=O)c1c2cc(C3CC3)c(NS(C)(=O)=O)cc2nn1-c1ccc(F)cc1. The third-order valence-electron chi connectivity index (χ3n) is 4.67. The summed E-state index contributed by atoms with van der Waals surface area (Å²) in [5.74, 6) is -0.477. The molecule has 1 aliphatic rings. The standard InChI is InChI=1S/C19H19FN4O3S/c1-21-19(25)18-15-9-14(11-3-4-11)17(23-28(2,26)27)10-16(15)22-24(18)13-7-5-12(20)6-8-13/h5-11,23H,3-4H2,1-2H3,(H,21,25). The average Bonchev–Trinajstić information content (AvgIpc) is 3.41. The number of halogens is 1. The predicted molar refractivity (Wildman–Crippen MR) is 105 cm³/mol. The molecule has 9 heteroatoms. The molecule has 146 valence electrons. The van der Waals surface area contributed by atoms with Crippen LogP contribution in [0.5, 0.6) is 0 Å². The molecule has 0 saturated heterocycles. The number of nitrogens with one attached hydrogen (secondary N) is 2. The van der Waals surface area contributed by atoms with Crippen molar-refractivity contribution in [2.75, 3.05) is 18.0 Å². The van der Waals surface area contributed by atoms with Gasteiger partial charge in [-0.15, -0.1) is 0 Å². The average molecular weight is 402 g/mol. The van der Waals surface area contributed by atoms with Gasteiger partial charge >= 0.3 is 0 Å². The zero-order valence-corrected chi connectivity index (χ0v) is 16.2. The molecule has 1 fully saturated rings. The van der Waals surface area contributed by atoms with E-state index in [1.54, 1.807) is 6.07 Å². The van der Waals surface area contributed by atoms with E-state index in [2.05, 4.69) is 15.1 Å². The lowest BCUT2D eigenvalue weighted by atomic mass is 10.0. The Morgan fingerprint density at radius 1 is 1.21 bits per heavy atom. The van der Waals surface area contributed by atoms with Crippen molar-refractivity contribution < 1.29 is 17.6 Å². The highest BCUT2D eigenvalue weighted by molar-refractivity contribution is 7.92. The fraction of sp³-hybridized carbons (Fsp3) is 0.263. The smallest absolute Gasteiger partial charge is 0.270 e. The van der Waals surface area contributed by atoms with E-state index in [1.807, 2.05) is 6.07 Å². The molecule has 28 heavy (non-hydrogen) atoms. The number of hydrogen-bond acceptors (Lipinski definition) is 4. The maximum Gasteiger partial charge on any atom is 0.270 e. The van der Waals surface area contributed by atoms with Gasteiger partial charge in [-0.2, -0.15) is 5.10 Å². The Hall–Kier alpha value is -2.94. The van der Waals surface area contributed by atoms with Crippen molar-refractivity contribution in [3.05, 3.63) is 53.5 Å². The van der Waals surface area contributed by atoms with Crippen LogP contribution in [0.2, 0.25) is 0 Å². The second kappa shape index (κ2) is 6.59. The summed E-state index contributed by atoms with van der Waals surface area (Å²) < 4.78 is 40.9. The number of aromatic nitrogens is 2. The minimum Gasteiger partial charge on any atom is -0.354 e. The maximum absolute atomic E-state index is 13.3. The molecule has 0 spiro atoms. The summed E-state index contributed by atoms with van der Waals surface area (Å²) in [5.41, 5.74) is 2.64. The molecule has 0 aliphatic heterocycles. The van der Waals surface area contributed by atoms with Crippen LogP contribution in [0.4, 0.5) is 10.1 Å². The summed E-state index contributed by atoms with van der Waals surface area (Å²) in [7, 11) is -1.94. The zero-order chi connectivity index (χ0) is 20.1. The normalized spacial score (nSPS) is 14.2. The number of benzene rings is 2. The summed E-state index contributed by atoms with van der Waals surface area (Å²) >= 11 is 0. The van der Waals surface area contributed by atoms with E-state index >= 15 is 0 Å². The van der Waals surface area contributed by atoms with Crippen LogP contribution in [-0.4, -0.2) is 37.4 Å². The van der Waals surface area contributed by atoms with Crippen molar-refractivity contribution >= 4 is 32.5 Å². The zero-order valence-electron chi connectivity index (χ0n) is 15.4. The minimum atomic E-state index is -3.46. The highest BCUT2D eigenvalue weighted by Gasteiger charge is 2.29. The fourth-order valence-electron chi connectivity index (χ4n) is 3.28. The van der Waals surface area contributed by atoms with Crippen LogP contribution in [0.15, 0.2) is 36.4 Å². The van der Waals surface area contributed by atoms with Crippen molar-refractivity contribution in [1.82, 2.24) is 15.1 Å². The van der Waals surface area contributed by atoms with Gasteiger partial charge in [0.05, 0.1) is 23.1 Å². The lowest BCUT2D eigenvalue weighted by Crippen LogP contribution is -2.21. The van der Waals surface area contributed by atoms with Crippen LogP contribution in [0, 0.1) is 5.82 Å².